The summed E-state index contributed by atoms with van der Waals surface area (Å²) >= 11 is 0. The van der Waals surface area contributed by atoms with Gasteiger partial charge in [0.1, 0.15) is 11.6 Å². The number of rotatable bonds is 2. The molecular formula is C13H12N4O4. The Morgan fingerprint density at radius 3 is 2.95 bits per heavy atom. The molecule has 0 bridgehead atoms. The van der Waals surface area contributed by atoms with E-state index in [1.165, 1.54) is 29.7 Å². The molecule has 8 heteroatoms. The zero-order chi connectivity index (χ0) is 15.0. The largest absolute Gasteiger partial charge is 0.480 e. The third-order valence-electron chi connectivity index (χ3n) is 3.50. The predicted octanol–water partition coefficient (Wildman–Crippen LogP) is -0.250. The second kappa shape index (κ2) is 4.89. The molecule has 108 valence electrons. The van der Waals surface area contributed by atoms with Crippen molar-refractivity contribution in [3.63, 3.8) is 0 Å². The van der Waals surface area contributed by atoms with Crippen LogP contribution in [0.25, 0.3) is 0 Å². The van der Waals surface area contributed by atoms with Crippen LogP contribution in [0.1, 0.15) is 21.7 Å². The van der Waals surface area contributed by atoms with Gasteiger partial charge in [0.2, 0.25) is 0 Å². The van der Waals surface area contributed by atoms with E-state index >= 15 is 0 Å². The molecule has 1 atom stereocenters. The van der Waals surface area contributed by atoms with Crippen molar-refractivity contribution < 1.29 is 14.7 Å². The minimum Gasteiger partial charge on any atom is -0.480 e. The molecule has 0 saturated carbocycles. The molecule has 0 saturated heterocycles. The Morgan fingerprint density at radius 2 is 2.24 bits per heavy atom. The number of hydrogen-bond donors (Lipinski definition) is 3. The number of amides is 1. The summed E-state index contributed by atoms with van der Waals surface area (Å²) in [6.07, 6.45) is 4.28. The summed E-state index contributed by atoms with van der Waals surface area (Å²) in [4.78, 5) is 46.4. The maximum atomic E-state index is 12.5. The molecular weight excluding hydrogens is 276 g/mol. The zero-order valence-corrected chi connectivity index (χ0v) is 10.9. The molecule has 21 heavy (non-hydrogen) atoms. The lowest BCUT2D eigenvalue weighted by Gasteiger charge is -2.32. The number of imidazole rings is 1. The first-order chi connectivity index (χ1) is 10.1. The first-order valence-corrected chi connectivity index (χ1v) is 6.30. The highest BCUT2D eigenvalue weighted by Gasteiger charge is 2.36. The van der Waals surface area contributed by atoms with Crippen LogP contribution in [0.4, 0.5) is 0 Å². The number of carbonyl (C=O) groups excluding carboxylic acids is 1. The van der Waals surface area contributed by atoms with E-state index in [0.717, 1.165) is 0 Å². The van der Waals surface area contributed by atoms with Crippen molar-refractivity contribution in [3.8, 4) is 0 Å². The average molecular weight is 288 g/mol. The van der Waals surface area contributed by atoms with Gasteiger partial charge in [0.15, 0.2) is 5.43 Å². The molecule has 1 amide bonds. The summed E-state index contributed by atoms with van der Waals surface area (Å²) in [5, 5.41) is 9.32. The highest BCUT2D eigenvalue weighted by molar-refractivity contribution is 5.96. The van der Waals surface area contributed by atoms with Crippen LogP contribution in [0.2, 0.25) is 0 Å². The third-order valence-corrected chi connectivity index (χ3v) is 3.50. The number of nitrogens with zero attached hydrogens (tertiary/aromatic N) is 2. The van der Waals surface area contributed by atoms with E-state index in [2.05, 4.69) is 15.0 Å². The van der Waals surface area contributed by atoms with Crippen molar-refractivity contribution in [2.75, 3.05) is 0 Å². The molecule has 3 heterocycles. The molecule has 1 aliphatic heterocycles. The topological polar surface area (TPSA) is 119 Å². The van der Waals surface area contributed by atoms with Gasteiger partial charge in [-0.3, -0.25) is 9.59 Å². The first kappa shape index (κ1) is 13.1. The highest BCUT2D eigenvalue weighted by atomic mass is 16.4. The molecule has 1 unspecified atom stereocenters. The van der Waals surface area contributed by atoms with E-state index < -0.39 is 23.3 Å². The van der Waals surface area contributed by atoms with E-state index in [0.29, 0.717) is 11.4 Å². The Labute approximate surface area is 118 Å². The van der Waals surface area contributed by atoms with Crippen LogP contribution in [0.5, 0.6) is 0 Å². The van der Waals surface area contributed by atoms with Gasteiger partial charge in [0.05, 0.1) is 24.3 Å². The fourth-order valence-electron chi connectivity index (χ4n) is 2.41. The number of aliphatic carboxylic acids is 1. The Morgan fingerprint density at radius 1 is 1.43 bits per heavy atom. The van der Waals surface area contributed by atoms with E-state index in [1.807, 2.05) is 0 Å². The van der Waals surface area contributed by atoms with Crippen LogP contribution in [-0.2, 0) is 17.8 Å². The molecule has 1 aliphatic rings. The normalized spacial score (nSPS) is 17.3. The number of aromatic amines is 2. The zero-order valence-electron chi connectivity index (χ0n) is 10.9. The van der Waals surface area contributed by atoms with Gasteiger partial charge in [-0.25, -0.2) is 9.78 Å². The molecule has 3 N–H and O–H groups in total. The number of carbonyl (C=O) groups is 2. The minimum atomic E-state index is -1.12. The summed E-state index contributed by atoms with van der Waals surface area (Å²) in [5.41, 5.74) is 0.798. The lowest BCUT2D eigenvalue weighted by Crippen LogP contribution is -2.49. The van der Waals surface area contributed by atoms with Gasteiger partial charge < -0.3 is 20.0 Å². The molecule has 0 spiro atoms. The molecule has 0 aliphatic carbocycles. The standard InChI is InChI=1S/C13H12N4O4/c18-11-1-2-14-4-7(11)12(19)17-5-9-8(15-6-16-9)3-10(17)13(20)21/h1-2,4,6,10H,3,5H2,(H,14,18)(H,15,16)(H,20,21). The van der Waals surface area contributed by atoms with Crippen molar-refractivity contribution in [3.05, 3.63) is 52.0 Å². The van der Waals surface area contributed by atoms with Gasteiger partial charge >= 0.3 is 5.97 Å². The SMILES string of the molecule is O=C(O)C1Cc2nc[nH]c2CN1C(=O)c1c[nH]ccc1=O. The van der Waals surface area contributed by atoms with Crippen molar-refractivity contribution in [1.82, 2.24) is 19.9 Å². The number of hydrogen-bond acceptors (Lipinski definition) is 4. The maximum absolute atomic E-state index is 12.5. The second-order valence-corrected chi connectivity index (χ2v) is 4.74. The van der Waals surface area contributed by atoms with Crippen LogP contribution in [-0.4, -0.2) is 42.9 Å². The number of nitrogens with one attached hydrogen (secondary N) is 2. The molecule has 3 rings (SSSR count). The number of carboxylic acid groups (broad SMARTS) is 1. The predicted molar refractivity (Wildman–Crippen MR) is 70.7 cm³/mol. The number of carboxylic acids is 1. The first-order valence-electron chi connectivity index (χ1n) is 6.30. The quantitative estimate of drug-likeness (QED) is 0.704. The van der Waals surface area contributed by atoms with Gasteiger partial charge in [-0.05, 0) is 0 Å². The summed E-state index contributed by atoms with van der Waals surface area (Å²) in [6.45, 7) is 0.0828. The van der Waals surface area contributed by atoms with E-state index in [4.69, 9.17) is 0 Å². The van der Waals surface area contributed by atoms with Crippen LogP contribution in [0.15, 0.2) is 29.6 Å². The summed E-state index contributed by atoms with van der Waals surface area (Å²) < 4.78 is 0. The van der Waals surface area contributed by atoms with Crippen molar-refractivity contribution in [2.24, 2.45) is 0 Å². The average Bonchev–Trinajstić information content (AvgIpc) is 2.93. The molecule has 0 fully saturated rings. The highest BCUT2D eigenvalue weighted by Crippen LogP contribution is 2.22. The van der Waals surface area contributed by atoms with Crippen LogP contribution in [0, 0.1) is 0 Å². The lowest BCUT2D eigenvalue weighted by molar-refractivity contribution is -0.142. The molecule has 8 nitrogen and oxygen atoms in total. The summed E-state index contributed by atoms with van der Waals surface area (Å²) in [7, 11) is 0. The number of aromatic nitrogens is 3. The fourth-order valence-corrected chi connectivity index (χ4v) is 2.41. The van der Waals surface area contributed by atoms with E-state index in [9.17, 15) is 19.5 Å². The van der Waals surface area contributed by atoms with E-state index in [-0.39, 0.29) is 18.5 Å². The smallest absolute Gasteiger partial charge is 0.326 e. The molecule has 2 aromatic heterocycles. The van der Waals surface area contributed by atoms with Gasteiger partial charge in [0, 0.05) is 24.9 Å². The minimum absolute atomic E-state index is 0.0771. The summed E-state index contributed by atoms with van der Waals surface area (Å²) in [5.74, 6) is -1.73. The number of pyridine rings is 1. The lowest BCUT2D eigenvalue weighted by atomic mass is 10.0. The number of fused-ring (bicyclic) bond motifs is 1. The maximum Gasteiger partial charge on any atom is 0.326 e. The third kappa shape index (κ3) is 2.20. The van der Waals surface area contributed by atoms with Crippen LogP contribution >= 0.6 is 0 Å². The van der Waals surface area contributed by atoms with Crippen LogP contribution < -0.4 is 5.43 Å². The van der Waals surface area contributed by atoms with Gasteiger partial charge in [-0.15, -0.1) is 0 Å². The molecule has 0 aromatic carbocycles. The van der Waals surface area contributed by atoms with Crippen molar-refractivity contribution in [2.45, 2.75) is 19.0 Å². The Balaban J connectivity index is 2.00. The second-order valence-electron chi connectivity index (χ2n) is 4.74. The van der Waals surface area contributed by atoms with Gasteiger partial charge in [0.25, 0.3) is 5.91 Å². The molecule has 0 radical (unpaired) electrons. The fraction of sp³-hybridized carbons (Fsp3) is 0.231. The number of H-pyrrole nitrogens is 2. The Hall–Kier alpha value is -2.90. The monoisotopic (exact) mass is 288 g/mol. The summed E-state index contributed by atoms with van der Waals surface area (Å²) in [6, 6.07) is 0.196. The van der Waals surface area contributed by atoms with Crippen molar-refractivity contribution in [1.29, 1.82) is 0 Å². The Bertz CT molecular complexity index is 763. The Kier molecular flexibility index (Phi) is 3.05. The van der Waals surface area contributed by atoms with Crippen molar-refractivity contribution >= 4 is 11.9 Å². The van der Waals surface area contributed by atoms with Gasteiger partial charge in [-0.1, -0.05) is 0 Å². The van der Waals surface area contributed by atoms with Crippen LogP contribution in [0.3, 0.4) is 0 Å². The molecule has 2 aromatic rings. The van der Waals surface area contributed by atoms with Gasteiger partial charge in [-0.2, -0.15) is 0 Å². The van der Waals surface area contributed by atoms with E-state index in [1.54, 1.807) is 0 Å².